The first-order valence-corrected chi connectivity index (χ1v) is 28.4. The Balaban J connectivity index is 0.000000313. The highest BCUT2D eigenvalue weighted by atomic mass is 32.2. The molecule has 0 bridgehead atoms. The summed E-state index contributed by atoms with van der Waals surface area (Å²) < 4.78 is 75.6. The highest BCUT2D eigenvalue weighted by molar-refractivity contribution is 7.90. The van der Waals surface area contributed by atoms with Crippen LogP contribution in [-0.2, 0) is 34.5 Å². The lowest BCUT2D eigenvalue weighted by Crippen LogP contribution is -2.43. The molecular formula is C56H87N9O10S2. The van der Waals surface area contributed by atoms with Crippen molar-refractivity contribution in [3.8, 4) is 11.5 Å². The van der Waals surface area contributed by atoms with Gasteiger partial charge >= 0.3 is 16.2 Å². The maximum absolute atomic E-state index is 12.3. The lowest BCUT2D eigenvalue weighted by Gasteiger charge is -2.36. The molecule has 5 heterocycles. The molecule has 2 unspecified atom stereocenters. The van der Waals surface area contributed by atoms with Crippen molar-refractivity contribution in [1.29, 1.82) is 0 Å². The molecule has 2 aliphatic heterocycles. The zero-order chi connectivity index (χ0) is 55.3. The van der Waals surface area contributed by atoms with Gasteiger partial charge in [-0.2, -0.15) is 0 Å². The number of hydrogen-bond acceptors (Lipinski definition) is 16. The van der Waals surface area contributed by atoms with E-state index in [-0.39, 0.29) is 20.8 Å². The molecule has 0 amide bonds. The predicted octanol–water partition coefficient (Wildman–Crippen LogP) is 7.35. The molecule has 3 aromatic heterocycles. The molecule has 0 radical (unpaired) electrons. The Morgan fingerprint density at radius 2 is 1.19 bits per heavy atom. The van der Waals surface area contributed by atoms with Crippen LogP contribution in [0, 0.1) is 23.7 Å². The number of carbonyl (C=O) groups is 1. The van der Waals surface area contributed by atoms with Gasteiger partial charge in [-0.1, -0.05) is 57.8 Å². The van der Waals surface area contributed by atoms with E-state index >= 15 is 0 Å². The van der Waals surface area contributed by atoms with E-state index in [9.17, 15) is 26.7 Å². The average Bonchev–Trinajstić information content (AvgIpc) is 3.36. The highest BCUT2D eigenvalue weighted by Crippen LogP contribution is 2.35. The van der Waals surface area contributed by atoms with Crippen LogP contribution in [0.5, 0.6) is 11.5 Å². The van der Waals surface area contributed by atoms with Crippen molar-refractivity contribution < 1.29 is 49.7 Å². The third-order valence-electron chi connectivity index (χ3n) is 13.1. The van der Waals surface area contributed by atoms with Gasteiger partial charge in [-0.05, 0) is 125 Å². The van der Waals surface area contributed by atoms with Crippen LogP contribution in [0.25, 0.3) is 21.8 Å². The minimum absolute atomic E-state index is 0. The van der Waals surface area contributed by atoms with E-state index < -0.39 is 49.2 Å². The summed E-state index contributed by atoms with van der Waals surface area (Å²) in [5, 5.41) is 13.7. The summed E-state index contributed by atoms with van der Waals surface area (Å²) in [6, 6.07) is 19.3. The molecule has 3 N–H and O–H groups in total. The third kappa shape index (κ3) is 19.7. The molecule has 428 valence electrons. The largest absolute Gasteiger partial charge is 0.594 e. The van der Waals surface area contributed by atoms with Crippen molar-refractivity contribution in [2.45, 2.75) is 107 Å². The summed E-state index contributed by atoms with van der Waals surface area (Å²) in [6.45, 7) is 19.4. The number of esters is 1. The van der Waals surface area contributed by atoms with Gasteiger partial charge in [-0.15, -0.1) is 8.42 Å². The minimum Gasteiger partial charge on any atom is -0.594 e. The van der Waals surface area contributed by atoms with Crippen molar-refractivity contribution in [2.75, 3.05) is 88.0 Å². The number of fused-ring (bicyclic) bond motifs is 2. The number of rotatable bonds is 15. The van der Waals surface area contributed by atoms with Gasteiger partial charge in [0.05, 0.1) is 25.3 Å². The fraction of sp³-hybridized carbons (Fsp3) is 0.554. The number of sulfonamides is 1. The van der Waals surface area contributed by atoms with Gasteiger partial charge in [0, 0.05) is 105 Å². The van der Waals surface area contributed by atoms with Crippen LogP contribution >= 0.6 is 0 Å². The lowest BCUT2D eigenvalue weighted by atomic mass is 9.85. The van der Waals surface area contributed by atoms with Crippen LogP contribution in [0.1, 0.15) is 95.9 Å². The molecule has 7 rings (SSSR count). The van der Waals surface area contributed by atoms with E-state index in [1.807, 2.05) is 67.8 Å². The zero-order valence-corrected chi connectivity index (χ0v) is 47.4. The molecule has 0 aliphatic carbocycles. The summed E-state index contributed by atoms with van der Waals surface area (Å²) in [5.74, 6) is 2.22. The number of methoxy groups -OCH3 is 2. The first-order chi connectivity index (χ1) is 35.2. The number of nitrogens with zero attached hydrogens (tertiary/aromatic N) is 7. The number of benzene rings is 2. The van der Waals surface area contributed by atoms with E-state index in [1.54, 1.807) is 67.9 Å². The summed E-state index contributed by atoms with van der Waals surface area (Å²) >= 11 is 0. The molecule has 0 saturated carbocycles. The minimum atomic E-state index is -4.13. The molecule has 77 heavy (non-hydrogen) atoms. The van der Waals surface area contributed by atoms with E-state index in [2.05, 4.69) is 54.9 Å². The van der Waals surface area contributed by atoms with Crippen LogP contribution in [0.2, 0.25) is 0 Å². The van der Waals surface area contributed by atoms with Crippen molar-refractivity contribution in [2.24, 2.45) is 33.8 Å². The van der Waals surface area contributed by atoms with E-state index in [0.717, 1.165) is 94.7 Å². The molecule has 2 aromatic carbocycles. The van der Waals surface area contributed by atoms with E-state index in [4.69, 9.17) is 24.7 Å². The maximum atomic E-state index is 12.3. The van der Waals surface area contributed by atoms with Crippen molar-refractivity contribution in [3.05, 3.63) is 85.5 Å². The van der Waals surface area contributed by atoms with Gasteiger partial charge < -0.3 is 44.5 Å². The van der Waals surface area contributed by atoms with Crippen molar-refractivity contribution in [1.82, 2.24) is 14.7 Å². The van der Waals surface area contributed by atoms with Crippen molar-refractivity contribution in [3.63, 3.8) is 0 Å². The highest BCUT2D eigenvalue weighted by Gasteiger charge is 2.29. The number of ether oxygens (including phenoxy) is 4. The number of piperidine rings is 2. The smallest absolute Gasteiger partial charge is 0.493 e. The molecule has 5 aromatic rings. The van der Waals surface area contributed by atoms with E-state index in [0.29, 0.717) is 18.4 Å². The summed E-state index contributed by atoms with van der Waals surface area (Å²) in [4.78, 5) is 27.5. The Hall–Kier alpha value is -6.03. The van der Waals surface area contributed by atoms with E-state index in [1.165, 1.54) is 36.3 Å². The monoisotopic (exact) mass is 1110 g/mol. The summed E-state index contributed by atoms with van der Waals surface area (Å²) in [5.41, 5.74) is 9.51. The molecule has 21 heteroatoms. The average molecular weight is 1110 g/mol. The number of carbonyl (C=O) groups excluding carboxylic acids is 1. The first kappa shape index (κ1) is 65.3. The van der Waals surface area contributed by atoms with Gasteiger partial charge in [0.25, 0.3) is 0 Å². The van der Waals surface area contributed by atoms with Crippen LogP contribution in [-0.4, -0.2) is 123 Å². The number of aromatic nitrogens is 3. The molecule has 2 fully saturated rings. The van der Waals surface area contributed by atoms with Gasteiger partial charge in [-0.25, -0.2) is 13.1 Å². The fourth-order valence-corrected chi connectivity index (χ4v) is 10.7. The SMILES string of the molecule is C.C.CN(C)c1cc[n+](S(=O)(=O)N=C([O-])OC(C)(C)C)cc1.COc1ccc2nccc(N3CCC(C(C)CN)CC3)c2c1.COc1ccc2nccc(N3CCC(C(C)CNS(=O)(=O)CC(=O)OC(C)(C)C)CC3)c2c1. The quantitative estimate of drug-likeness (QED) is 0.0451. The molecular weight excluding hydrogens is 1020 g/mol. The molecule has 2 atom stereocenters. The Morgan fingerprint density at radius 1 is 0.753 bits per heavy atom. The van der Waals surface area contributed by atoms with Crippen LogP contribution in [0.15, 0.2) is 89.8 Å². The Labute approximate surface area is 459 Å². The fourth-order valence-electron chi connectivity index (χ4n) is 8.92. The molecule has 19 nitrogen and oxygen atoms in total. The topological polar surface area (TPSA) is 235 Å². The number of hydrogen-bond donors (Lipinski definition) is 2. The number of pyridine rings is 3. The van der Waals surface area contributed by atoms with Crippen LogP contribution in [0.3, 0.4) is 0 Å². The Bertz CT molecular complexity index is 2910. The van der Waals surface area contributed by atoms with Crippen LogP contribution in [0.4, 0.5) is 17.1 Å². The van der Waals surface area contributed by atoms with Crippen LogP contribution < -0.4 is 43.7 Å². The lowest BCUT2D eigenvalue weighted by molar-refractivity contribution is -0.511. The van der Waals surface area contributed by atoms with Gasteiger partial charge in [0.15, 0.2) is 24.2 Å². The zero-order valence-electron chi connectivity index (χ0n) is 45.8. The second-order valence-electron chi connectivity index (χ2n) is 21.3. The Kier molecular flexibility index (Phi) is 24.2. The van der Waals surface area contributed by atoms with Crippen molar-refractivity contribution >= 4 is 71.2 Å². The maximum Gasteiger partial charge on any atom is 0.493 e. The predicted molar refractivity (Wildman–Crippen MR) is 308 cm³/mol. The second kappa shape index (κ2) is 28.6. The molecule has 2 aliphatic rings. The molecule has 2 saturated heterocycles. The normalized spacial score (nSPS) is 15.6. The number of anilines is 3. The first-order valence-electron chi connectivity index (χ1n) is 25.4. The third-order valence-corrected chi connectivity index (χ3v) is 15.5. The van der Waals surface area contributed by atoms with Gasteiger partial charge in [-0.3, -0.25) is 14.8 Å². The van der Waals surface area contributed by atoms with Gasteiger partial charge in [0.1, 0.15) is 17.1 Å². The molecule has 0 spiro atoms. The number of nitrogens with two attached hydrogens (primary N) is 1. The number of nitrogens with one attached hydrogen (secondary N) is 1. The van der Waals surface area contributed by atoms with Gasteiger partial charge in [0.2, 0.25) is 10.0 Å². The summed E-state index contributed by atoms with van der Waals surface area (Å²) in [7, 11) is -0.822. The standard InChI is InChI=1S/C24H35N3O5S.C18H25N3O.C12H19N3O4S.2CH4/c1-17(15-26-33(29,30)16-23(28)32-24(2,3)4)18-9-12-27(13-10-18)22-8-11-25-21-7-6-19(31-5)14-20(21)22;1-13(12-19)14-6-9-21(10-7-14)18-5-8-20-17-4-3-15(22-2)11-16(17)18;1-12(2,3)19-11(16)13-20(17,18)15-8-6-10(7-9-15)14(4)5;;/h6-8,11,14,17-18,26H,9-10,12-13,15-16H2,1-5H3;3-5,8,11,13-14H,6-7,9-10,12,19H2,1-2H3;6-9H,1-5H3;2*1H4. The second-order valence-corrected chi connectivity index (χ2v) is 24.6. The Morgan fingerprint density at radius 3 is 1.60 bits per heavy atom. The summed E-state index contributed by atoms with van der Waals surface area (Å²) in [6.07, 6.45) is 9.58.